The lowest BCUT2D eigenvalue weighted by molar-refractivity contribution is -0.140. The van der Waals surface area contributed by atoms with Gasteiger partial charge in [-0.1, -0.05) is 25.1 Å². The average Bonchev–Trinajstić information content (AvgIpc) is 2.33. The van der Waals surface area contributed by atoms with E-state index in [2.05, 4.69) is 4.74 Å². The van der Waals surface area contributed by atoms with Crippen LogP contribution in [0.1, 0.15) is 30.0 Å². The van der Waals surface area contributed by atoms with E-state index in [0.29, 0.717) is 5.75 Å². The normalized spacial score (nSPS) is 14.0. The molecule has 0 aliphatic carbocycles. The monoisotopic (exact) mass is 268 g/mol. The van der Waals surface area contributed by atoms with Crippen LogP contribution >= 0.6 is 0 Å². The zero-order chi connectivity index (χ0) is 13.7. The van der Waals surface area contributed by atoms with Gasteiger partial charge in [-0.3, -0.25) is 9.00 Å². The Bertz CT molecular complexity index is 434. The van der Waals surface area contributed by atoms with Crippen LogP contribution in [0.25, 0.3) is 0 Å². The summed E-state index contributed by atoms with van der Waals surface area (Å²) < 4.78 is 16.8. The third-order valence-electron chi connectivity index (χ3n) is 3.06. The first-order chi connectivity index (χ1) is 8.45. The molecule has 0 bridgehead atoms. The topological polar surface area (TPSA) is 43.4 Å². The lowest BCUT2D eigenvalue weighted by atomic mass is 10.1. The molecule has 4 heteroatoms. The van der Waals surface area contributed by atoms with Crippen LogP contribution in [-0.4, -0.2) is 22.5 Å². The van der Waals surface area contributed by atoms with Crippen molar-refractivity contribution < 1.29 is 13.7 Å². The zero-order valence-corrected chi connectivity index (χ0v) is 12.2. The Kier molecular flexibility index (Phi) is 5.54. The fourth-order valence-corrected chi connectivity index (χ4v) is 3.12. The van der Waals surface area contributed by atoms with Crippen molar-refractivity contribution in [3.8, 4) is 0 Å². The highest BCUT2D eigenvalue weighted by atomic mass is 32.2. The Hall–Kier alpha value is -1.16. The lowest BCUT2D eigenvalue weighted by Crippen LogP contribution is -2.18. The van der Waals surface area contributed by atoms with Crippen molar-refractivity contribution in [3.05, 3.63) is 34.9 Å². The van der Waals surface area contributed by atoms with Gasteiger partial charge in [-0.25, -0.2) is 0 Å². The SMILES string of the molecule is COC(=O)CC(C)S(=O)Cc1c(C)cccc1C. The lowest BCUT2D eigenvalue weighted by Gasteiger charge is -2.13. The molecule has 0 amide bonds. The standard InChI is InChI=1S/C14H20O3S/c1-10-6-5-7-11(2)13(10)9-18(16)12(3)8-14(15)17-4/h5-7,12H,8-9H2,1-4H3. The summed E-state index contributed by atoms with van der Waals surface area (Å²) in [7, 11) is 0.291. The molecule has 2 atom stereocenters. The summed E-state index contributed by atoms with van der Waals surface area (Å²) in [6.07, 6.45) is 0.202. The second kappa shape index (κ2) is 6.69. The molecule has 100 valence electrons. The van der Waals surface area contributed by atoms with Gasteiger partial charge in [-0.15, -0.1) is 0 Å². The van der Waals surface area contributed by atoms with E-state index in [-0.39, 0.29) is 17.6 Å². The first kappa shape index (κ1) is 14.9. The predicted molar refractivity (Wildman–Crippen MR) is 73.9 cm³/mol. The first-order valence-corrected chi connectivity index (χ1v) is 7.33. The molecule has 3 nitrogen and oxygen atoms in total. The Morgan fingerprint density at radius 3 is 2.39 bits per heavy atom. The first-order valence-electron chi connectivity index (χ1n) is 5.94. The van der Waals surface area contributed by atoms with E-state index in [9.17, 15) is 9.00 Å². The Balaban J connectivity index is 2.73. The van der Waals surface area contributed by atoms with Gasteiger partial charge in [-0.2, -0.15) is 0 Å². The van der Waals surface area contributed by atoms with Crippen LogP contribution in [-0.2, 0) is 26.1 Å². The number of carbonyl (C=O) groups excluding carboxylic acids is 1. The van der Waals surface area contributed by atoms with Gasteiger partial charge in [-0.05, 0) is 30.5 Å². The summed E-state index contributed by atoms with van der Waals surface area (Å²) in [6, 6.07) is 6.03. The fourth-order valence-electron chi connectivity index (χ4n) is 1.77. The molecule has 0 spiro atoms. The van der Waals surface area contributed by atoms with E-state index >= 15 is 0 Å². The summed E-state index contributed by atoms with van der Waals surface area (Å²) in [6.45, 7) is 5.86. The smallest absolute Gasteiger partial charge is 0.306 e. The Morgan fingerprint density at radius 1 is 1.33 bits per heavy atom. The molecule has 0 saturated carbocycles. The molecule has 0 N–H and O–H groups in total. The van der Waals surface area contributed by atoms with Crippen LogP contribution in [0.4, 0.5) is 0 Å². The molecule has 0 aliphatic heterocycles. The molecule has 0 heterocycles. The van der Waals surface area contributed by atoms with E-state index in [1.54, 1.807) is 0 Å². The number of esters is 1. The number of benzene rings is 1. The molecule has 0 saturated heterocycles. The van der Waals surface area contributed by atoms with Crippen LogP contribution in [0.15, 0.2) is 18.2 Å². The van der Waals surface area contributed by atoms with E-state index in [4.69, 9.17) is 0 Å². The molecule has 0 radical (unpaired) electrons. The van der Waals surface area contributed by atoms with Crippen molar-refractivity contribution >= 4 is 16.8 Å². The minimum atomic E-state index is -1.06. The Labute approximate surface area is 111 Å². The van der Waals surface area contributed by atoms with Gasteiger partial charge in [0.1, 0.15) is 0 Å². The van der Waals surface area contributed by atoms with Crippen LogP contribution < -0.4 is 0 Å². The second-order valence-electron chi connectivity index (χ2n) is 4.49. The van der Waals surface area contributed by atoms with E-state index < -0.39 is 10.8 Å². The maximum atomic E-state index is 12.2. The zero-order valence-electron chi connectivity index (χ0n) is 11.4. The summed E-state index contributed by atoms with van der Waals surface area (Å²) in [5.74, 6) is 0.189. The van der Waals surface area contributed by atoms with Crippen LogP contribution in [0.2, 0.25) is 0 Å². The number of methoxy groups -OCH3 is 1. The third kappa shape index (κ3) is 3.95. The predicted octanol–water partition coefficient (Wildman–Crippen LogP) is 2.50. The third-order valence-corrected chi connectivity index (χ3v) is 4.70. The molecule has 1 aromatic carbocycles. The molecular formula is C14H20O3S. The largest absolute Gasteiger partial charge is 0.469 e. The van der Waals surface area contributed by atoms with E-state index in [1.807, 2.05) is 39.0 Å². The molecule has 1 aromatic rings. The van der Waals surface area contributed by atoms with Crippen molar-refractivity contribution in [2.45, 2.75) is 38.2 Å². The molecular weight excluding hydrogens is 248 g/mol. The van der Waals surface area contributed by atoms with Gasteiger partial charge >= 0.3 is 5.97 Å². The molecule has 0 fully saturated rings. The molecule has 0 aromatic heterocycles. The second-order valence-corrected chi connectivity index (χ2v) is 6.34. The van der Waals surface area contributed by atoms with Crippen molar-refractivity contribution in [3.63, 3.8) is 0 Å². The minimum absolute atomic E-state index is 0.184. The van der Waals surface area contributed by atoms with Crippen molar-refractivity contribution in [1.82, 2.24) is 0 Å². The highest BCUT2D eigenvalue weighted by Gasteiger charge is 2.17. The average molecular weight is 268 g/mol. The summed E-state index contributed by atoms with van der Waals surface area (Å²) in [4.78, 5) is 11.2. The highest BCUT2D eigenvalue weighted by Crippen LogP contribution is 2.17. The van der Waals surface area contributed by atoms with Crippen LogP contribution in [0.5, 0.6) is 0 Å². The molecule has 18 heavy (non-hydrogen) atoms. The number of aryl methyl sites for hydroxylation is 2. The highest BCUT2D eigenvalue weighted by molar-refractivity contribution is 7.84. The van der Waals surface area contributed by atoms with Gasteiger partial charge < -0.3 is 4.74 Å². The number of rotatable bonds is 5. The molecule has 1 rings (SSSR count). The maximum absolute atomic E-state index is 12.2. The minimum Gasteiger partial charge on any atom is -0.469 e. The van der Waals surface area contributed by atoms with Gasteiger partial charge in [0.2, 0.25) is 0 Å². The maximum Gasteiger partial charge on any atom is 0.306 e. The summed E-state index contributed by atoms with van der Waals surface area (Å²) in [5, 5.41) is -0.184. The van der Waals surface area contributed by atoms with E-state index in [1.165, 1.54) is 7.11 Å². The van der Waals surface area contributed by atoms with Crippen molar-refractivity contribution in [2.75, 3.05) is 7.11 Å². The molecule has 2 unspecified atom stereocenters. The van der Waals surface area contributed by atoms with Crippen LogP contribution in [0.3, 0.4) is 0 Å². The number of hydrogen-bond donors (Lipinski definition) is 0. The quantitative estimate of drug-likeness (QED) is 0.771. The van der Waals surface area contributed by atoms with Crippen LogP contribution in [0, 0.1) is 13.8 Å². The Morgan fingerprint density at radius 2 is 1.89 bits per heavy atom. The summed E-state index contributed by atoms with van der Waals surface area (Å²) in [5.41, 5.74) is 3.41. The fraction of sp³-hybridized carbons (Fsp3) is 0.500. The summed E-state index contributed by atoms with van der Waals surface area (Å²) >= 11 is 0. The number of carbonyl (C=O) groups is 1. The van der Waals surface area contributed by atoms with Gasteiger partial charge in [0.25, 0.3) is 0 Å². The van der Waals surface area contributed by atoms with Gasteiger partial charge in [0.15, 0.2) is 0 Å². The van der Waals surface area contributed by atoms with Crippen molar-refractivity contribution in [2.24, 2.45) is 0 Å². The van der Waals surface area contributed by atoms with E-state index in [0.717, 1.165) is 16.7 Å². The number of hydrogen-bond acceptors (Lipinski definition) is 3. The molecule has 0 aliphatic rings. The van der Waals surface area contributed by atoms with Crippen molar-refractivity contribution in [1.29, 1.82) is 0 Å². The van der Waals surface area contributed by atoms with Gasteiger partial charge in [0, 0.05) is 21.8 Å². The van der Waals surface area contributed by atoms with Gasteiger partial charge in [0.05, 0.1) is 13.5 Å². The number of ether oxygens (including phenoxy) is 1.